The van der Waals surface area contributed by atoms with Crippen LogP contribution < -0.4 is 5.32 Å². The van der Waals surface area contributed by atoms with Crippen molar-refractivity contribution >= 4 is 21.8 Å². The molecule has 1 unspecified atom stereocenters. The molecule has 1 atom stereocenters. The third-order valence-corrected chi connectivity index (χ3v) is 3.27. The SMILES string of the molecule is CCCC(CCBr)CNC(=O)c1cncn1C. The van der Waals surface area contributed by atoms with Gasteiger partial charge in [-0.25, -0.2) is 4.98 Å². The van der Waals surface area contributed by atoms with Gasteiger partial charge in [0.15, 0.2) is 0 Å². The van der Waals surface area contributed by atoms with Crippen LogP contribution >= 0.6 is 15.9 Å². The summed E-state index contributed by atoms with van der Waals surface area (Å²) in [4.78, 5) is 15.8. The molecule has 0 spiro atoms. The second-order valence-corrected chi connectivity index (χ2v) is 5.03. The third kappa shape index (κ3) is 4.50. The highest BCUT2D eigenvalue weighted by molar-refractivity contribution is 9.09. The number of alkyl halides is 1. The average Bonchev–Trinajstić information content (AvgIpc) is 2.72. The number of nitrogens with one attached hydrogen (secondary N) is 1. The molecule has 0 saturated carbocycles. The van der Waals surface area contributed by atoms with Crippen LogP contribution in [0.4, 0.5) is 0 Å². The van der Waals surface area contributed by atoms with Crippen molar-refractivity contribution in [2.75, 3.05) is 11.9 Å². The monoisotopic (exact) mass is 301 g/mol. The Hall–Kier alpha value is -0.840. The van der Waals surface area contributed by atoms with Crippen LogP contribution in [0.1, 0.15) is 36.7 Å². The summed E-state index contributed by atoms with van der Waals surface area (Å²) in [5.41, 5.74) is 0.610. The number of imidazole rings is 1. The number of nitrogens with zero attached hydrogens (tertiary/aromatic N) is 2. The lowest BCUT2D eigenvalue weighted by atomic mass is 10.0. The molecule has 1 aromatic rings. The molecule has 0 saturated heterocycles. The number of carbonyl (C=O) groups excluding carboxylic acids is 1. The molecule has 1 heterocycles. The summed E-state index contributed by atoms with van der Waals surface area (Å²) in [7, 11) is 1.82. The van der Waals surface area contributed by atoms with Gasteiger partial charge in [0.05, 0.1) is 12.5 Å². The molecule has 5 heteroatoms. The molecule has 0 aliphatic rings. The first kappa shape index (κ1) is 14.2. The van der Waals surface area contributed by atoms with E-state index in [1.54, 1.807) is 17.1 Å². The molecule has 1 amide bonds. The molecular weight excluding hydrogens is 282 g/mol. The second-order valence-electron chi connectivity index (χ2n) is 4.23. The minimum atomic E-state index is -0.0410. The van der Waals surface area contributed by atoms with Crippen molar-refractivity contribution in [3.63, 3.8) is 0 Å². The van der Waals surface area contributed by atoms with E-state index in [0.29, 0.717) is 11.6 Å². The van der Waals surface area contributed by atoms with Gasteiger partial charge < -0.3 is 9.88 Å². The maximum Gasteiger partial charge on any atom is 0.269 e. The fraction of sp³-hybridized carbons (Fsp3) is 0.667. The Balaban J connectivity index is 2.43. The molecule has 0 bridgehead atoms. The van der Waals surface area contributed by atoms with E-state index >= 15 is 0 Å². The predicted octanol–water partition coefficient (Wildman–Crippen LogP) is 2.35. The average molecular weight is 302 g/mol. The Labute approximate surface area is 111 Å². The predicted molar refractivity (Wildman–Crippen MR) is 72.4 cm³/mol. The minimum Gasteiger partial charge on any atom is -0.350 e. The zero-order chi connectivity index (χ0) is 12.7. The molecule has 96 valence electrons. The van der Waals surface area contributed by atoms with Crippen LogP contribution in [-0.4, -0.2) is 27.3 Å². The summed E-state index contributed by atoms with van der Waals surface area (Å²) >= 11 is 3.45. The first-order valence-electron chi connectivity index (χ1n) is 5.99. The number of carbonyl (C=O) groups is 1. The summed E-state index contributed by atoms with van der Waals surface area (Å²) in [6.45, 7) is 2.91. The maximum atomic E-state index is 11.9. The van der Waals surface area contributed by atoms with Crippen LogP contribution in [0.2, 0.25) is 0 Å². The van der Waals surface area contributed by atoms with Crippen molar-refractivity contribution in [1.29, 1.82) is 0 Å². The van der Waals surface area contributed by atoms with Gasteiger partial charge in [-0.05, 0) is 18.8 Å². The van der Waals surface area contributed by atoms with Gasteiger partial charge in [-0.15, -0.1) is 0 Å². The highest BCUT2D eigenvalue weighted by Crippen LogP contribution is 2.11. The van der Waals surface area contributed by atoms with Crippen LogP contribution in [0, 0.1) is 5.92 Å². The quantitative estimate of drug-likeness (QED) is 0.786. The van der Waals surface area contributed by atoms with Crippen molar-refractivity contribution in [2.45, 2.75) is 26.2 Å². The second kappa shape index (κ2) is 7.48. The first-order valence-corrected chi connectivity index (χ1v) is 7.11. The van der Waals surface area contributed by atoms with Gasteiger partial charge in [-0.2, -0.15) is 0 Å². The lowest BCUT2D eigenvalue weighted by Crippen LogP contribution is -2.30. The Kier molecular flexibility index (Phi) is 6.26. The molecule has 0 aliphatic heterocycles. The van der Waals surface area contributed by atoms with E-state index in [1.165, 1.54) is 0 Å². The Morgan fingerprint density at radius 3 is 2.88 bits per heavy atom. The Morgan fingerprint density at radius 1 is 1.59 bits per heavy atom. The van der Waals surface area contributed by atoms with Crippen molar-refractivity contribution in [3.8, 4) is 0 Å². The summed E-state index contributed by atoms with van der Waals surface area (Å²) in [6, 6.07) is 0. The number of hydrogen-bond acceptors (Lipinski definition) is 2. The molecule has 0 aromatic carbocycles. The number of halogens is 1. The summed E-state index contributed by atoms with van der Waals surface area (Å²) in [6.07, 6.45) is 6.63. The van der Waals surface area contributed by atoms with Crippen molar-refractivity contribution in [2.24, 2.45) is 13.0 Å². The molecule has 0 aliphatic carbocycles. The van der Waals surface area contributed by atoms with Crippen LogP contribution in [-0.2, 0) is 7.05 Å². The van der Waals surface area contributed by atoms with Crippen LogP contribution in [0.15, 0.2) is 12.5 Å². The highest BCUT2D eigenvalue weighted by Gasteiger charge is 2.12. The van der Waals surface area contributed by atoms with Gasteiger partial charge in [0.2, 0.25) is 0 Å². The lowest BCUT2D eigenvalue weighted by Gasteiger charge is -2.15. The zero-order valence-corrected chi connectivity index (χ0v) is 12.0. The minimum absolute atomic E-state index is 0.0410. The molecule has 1 N–H and O–H groups in total. The fourth-order valence-corrected chi connectivity index (χ4v) is 2.46. The number of aryl methyl sites for hydroxylation is 1. The number of aromatic nitrogens is 2. The Morgan fingerprint density at radius 2 is 2.35 bits per heavy atom. The number of amides is 1. The van der Waals surface area contributed by atoms with E-state index in [1.807, 2.05) is 7.05 Å². The number of rotatable bonds is 7. The lowest BCUT2D eigenvalue weighted by molar-refractivity contribution is 0.0938. The summed E-state index contributed by atoms with van der Waals surface area (Å²) < 4.78 is 1.73. The molecule has 17 heavy (non-hydrogen) atoms. The standard InChI is InChI=1S/C12H20BrN3O/c1-3-4-10(5-6-13)7-15-12(17)11-8-14-9-16(11)2/h8-10H,3-7H2,1-2H3,(H,15,17). The van der Waals surface area contributed by atoms with Gasteiger partial charge >= 0.3 is 0 Å². The van der Waals surface area contributed by atoms with Crippen molar-refractivity contribution < 1.29 is 4.79 Å². The normalized spacial score (nSPS) is 12.4. The van der Waals surface area contributed by atoms with E-state index in [-0.39, 0.29) is 5.91 Å². The molecule has 1 rings (SSSR count). The zero-order valence-electron chi connectivity index (χ0n) is 10.4. The van der Waals surface area contributed by atoms with Crippen molar-refractivity contribution in [1.82, 2.24) is 14.9 Å². The molecular formula is C12H20BrN3O. The van der Waals surface area contributed by atoms with Crippen LogP contribution in [0.5, 0.6) is 0 Å². The van der Waals surface area contributed by atoms with Crippen LogP contribution in [0.3, 0.4) is 0 Å². The van der Waals surface area contributed by atoms with E-state index in [0.717, 1.165) is 31.1 Å². The summed E-state index contributed by atoms with van der Waals surface area (Å²) in [5, 5.41) is 3.96. The van der Waals surface area contributed by atoms with E-state index in [9.17, 15) is 4.79 Å². The van der Waals surface area contributed by atoms with Gasteiger partial charge in [0, 0.05) is 18.9 Å². The first-order chi connectivity index (χ1) is 8.19. The van der Waals surface area contributed by atoms with Crippen LogP contribution in [0.25, 0.3) is 0 Å². The topological polar surface area (TPSA) is 46.9 Å². The van der Waals surface area contributed by atoms with E-state index < -0.39 is 0 Å². The molecule has 4 nitrogen and oxygen atoms in total. The third-order valence-electron chi connectivity index (χ3n) is 2.81. The largest absolute Gasteiger partial charge is 0.350 e. The van der Waals surface area contributed by atoms with Gasteiger partial charge in [-0.1, -0.05) is 29.3 Å². The van der Waals surface area contributed by atoms with E-state index in [2.05, 4.69) is 33.2 Å². The van der Waals surface area contributed by atoms with Gasteiger partial charge in [-0.3, -0.25) is 4.79 Å². The maximum absolute atomic E-state index is 11.9. The molecule has 1 aromatic heterocycles. The highest BCUT2D eigenvalue weighted by atomic mass is 79.9. The molecule has 0 fully saturated rings. The number of hydrogen-bond donors (Lipinski definition) is 1. The van der Waals surface area contributed by atoms with Gasteiger partial charge in [0.1, 0.15) is 5.69 Å². The smallest absolute Gasteiger partial charge is 0.269 e. The Bertz CT molecular complexity index is 345. The van der Waals surface area contributed by atoms with E-state index in [4.69, 9.17) is 0 Å². The van der Waals surface area contributed by atoms with Gasteiger partial charge in [0.25, 0.3) is 5.91 Å². The summed E-state index contributed by atoms with van der Waals surface area (Å²) in [5.74, 6) is 0.511. The fourth-order valence-electron chi connectivity index (χ4n) is 1.81. The van der Waals surface area contributed by atoms with Crippen molar-refractivity contribution in [3.05, 3.63) is 18.2 Å². The molecule has 0 radical (unpaired) electrons.